The number of rotatable bonds is 3. The fourth-order valence-electron chi connectivity index (χ4n) is 4.77. The van der Waals surface area contributed by atoms with Gasteiger partial charge >= 0.3 is 0 Å². The summed E-state index contributed by atoms with van der Waals surface area (Å²) < 4.78 is 0. The third-order valence-corrected chi connectivity index (χ3v) is 6.99. The molecule has 1 saturated heterocycles. The molecule has 1 unspecified atom stereocenters. The molecular weight excluding hydrogens is 288 g/mol. The number of thioether (sulfide) groups is 1. The summed E-state index contributed by atoms with van der Waals surface area (Å²) >= 11 is 2.07. The Bertz CT molecular complexity index is 544. The lowest BCUT2D eigenvalue weighted by Gasteiger charge is -2.41. The van der Waals surface area contributed by atoms with Crippen molar-refractivity contribution in [1.82, 2.24) is 4.90 Å². The summed E-state index contributed by atoms with van der Waals surface area (Å²) in [5.74, 6) is 2.02. The molecule has 0 amide bonds. The molecule has 3 aliphatic heterocycles. The Morgan fingerprint density at radius 2 is 2.23 bits per heavy atom. The standard InChI is InChI=1S/C19H28N2S/c1-3-6-14(2)20-11-9-17-16(13-20)15-7-4-8-18-19(15)21(17)10-5-12-22-18/h4,7-8,14,16-17H,3,5-6,9-13H2,1-2H3/t14?,16-,17-/m1/s1. The maximum absolute atomic E-state index is 2.77. The fourth-order valence-corrected chi connectivity index (χ4v) is 5.81. The van der Waals surface area contributed by atoms with Gasteiger partial charge in [-0.1, -0.05) is 25.5 Å². The summed E-state index contributed by atoms with van der Waals surface area (Å²) in [7, 11) is 0. The van der Waals surface area contributed by atoms with Crippen molar-refractivity contribution in [1.29, 1.82) is 0 Å². The highest BCUT2D eigenvalue weighted by molar-refractivity contribution is 7.99. The monoisotopic (exact) mass is 316 g/mol. The van der Waals surface area contributed by atoms with Gasteiger partial charge in [-0.05, 0) is 43.6 Å². The molecule has 2 nitrogen and oxygen atoms in total. The molecule has 1 fully saturated rings. The minimum absolute atomic E-state index is 0.738. The van der Waals surface area contributed by atoms with Crippen LogP contribution >= 0.6 is 11.8 Å². The van der Waals surface area contributed by atoms with Crippen LogP contribution in [0.15, 0.2) is 23.1 Å². The molecule has 3 heterocycles. The lowest BCUT2D eigenvalue weighted by molar-refractivity contribution is 0.141. The highest BCUT2D eigenvalue weighted by Gasteiger charge is 2.43. The molecule has 1 aromatic carbocycles. The van der Waals surface area contributed by atoms with Gasteiger partial charge in [-0.2, -0.15) is 0 Å². The van der Waals surface area contributed by atoms with Crippen LogP contribution in [0.2, 0.25) is 0 Å². The number of benzene rings is 1. The molecular formula is C19H28N2S. The van der Waals surface area contributed by atoms with E-state index < -0.39 is 0 Å². The molecule has 0 aliphatic carbocycles. The van der Waals surface area contributed by atoms with E-state index in [4.69, 9.17) is 0 Å². The first kappa shape index (κ1) is 14.9. The van der Waals surface area contributed by atoms with Crippen molar-refractivity contribution in [3.05, 3.63) is 23.8 Å². The highest BCUT2D eigenvalue weighted by Crippen LogP contribution is 2.50. The average molecular weight is 317 g/mol. The third-order valence-electron chi connectivity index (χ3n) is 5.86. The number of hydrogen-bond acceptors (Lipinski definition) is 3. The summed E-state index contributed by atoms with van der Waals surface area (Å²) in [4.78, 5) is 7.07. The fraction of sp³-hybridized carbons (Fsp3) is 0.684. The molecule has 4 rings (SSSR count). The second-order valence-electron chi connectivity index (χ2n) is 7.18. The number of fused-ring (bicyclic) bond motifs is 3. The molecule has 22 heavy (non-hydrogen) atoms. The van der Waals surface area contributed by atoms with Gasteiger partial charge in [0.1, 0.15) is 0 Å². The van der Waals surface area contributed by atoms with Crippen LogP contribution in [0.4, 0.5) is 5.69 Å². The minimum Gasteiger partial charge on any atom is -0.367 e. The molecule has 0 N–H and O–H groups in total. The van der Waals surface area contributed by atoms with E-state index >= 15 is 0 Å². The van der Waals surface area contributed by atoms with E-state index in [-0.39, 0.29) is 0 Å². The van der Waals surface area contributed by atoms with Gasteiger partial charge in [0.2, 0.25) is 0 Å². The van der Waals surface area contributed by atoms with Crippen LogP contribution < -0.4 is 4.90 Å². The summed E-state index contributed by atoms with van der Waals surface area (Å²) in [6, 6.07) is 8.56. The van der Waals surface area contributed by atoms with Gasteiger partial charge in [0.15, 0.2) is 0 Å². The Kier molecular flexibility index (Phi) is 4.12. The van der Waals surface area contributed by atoms with Crippen molar-refractivity contribution in [2.24, 2.45) is 0 Å². The van der Waals surface area contributed by atoms with Crippen LogP contribution in [0.25, 0.3) is 0 Å². The maximum atomic E-state index is 2.77. The summed E-state index contributed by atoms with van der Waals surface area (Å²) in [6.07, 6.45) is 5.31. The SMILES string of the molecule is CCCC(C)N1CC[C@@H]2[C@H](C1)c1cccc3c1N2CCCS3. The molecule has 0 radical (unpaired) electrons. The summed E-state index contributed by atoms with van der Waals surface area (Å²) in [6.45, 7) is 8.56. The molecule has 3 heteroatoms. The van der Waals surface area contributed by atoms with Crippen LogP contribution in [0.3, 0.4) is 0 Å². The van der Waals surface area contributed by atoms with E-state index in [1.165, 1.54) is 56.0 Å². The van der Waals surface area contributed by atoms with E-state index in [1.807, 2.05) is 0 Å². The maximum Gasteiger partial charge on any atom is 0.0543 e. The van der Waals surface area contributed by atoms with Gasteiger partial charge in [-0.15, -0.1) is 11.8 Å². The lowest BCUT2D eigenvalue weighted by Crippen LogP contribution is -2.49. The van der Waals surface area contributed by atoms with Crippen molar-refractivity contribution >= 4 is 17.4 Å². The zero-order chi connectivity index (χ0) is 15.1. The second kappa shape index (κ2) is 6.09. The van der Waals surface area contributed by atoms with Crippen LogP contribution in [-0.4, -0.2) is 42.4 Å². The largest absolute Gasteiger partial charge is 0.367 e. The van der Waals surface area contributed by atoms with Crippen molar-refractivity contribution in [3.8, 4) is 0 Å². The quantitative estimate of drug-likeness (QED) is 0.818. The summed E-state index contributed by atoms with van der Waals surface area (Å²) in [5.41, 5.74) is 3.25. The van der Waals surface area contributed by atoms with Gasteiger partial charge in [0.25, 0.3) is 0 Å². The lowest BCUT2D eigenvalue weighted by atomic mass is 9.88. The predicted molar refractivity (Wildman–Crippen MR) is 96.2 cm³/mol. The van der Waals surface area contributed by atoms with Crippen LogP contribution in [0, 0.1) is 0 Å². The Hall–Kier alpha value is -0.670. The first-order chi connectivity index (χ1) is 10.8. The third kappa shape index (κ3) is 2.37. The number of hydrogen-bond donors (Lipinski definition) is 0. The molecule has 0 aromatic heterocycles. The number of likely N-dealkylation sites (tertiary alicyclic amines) is 1. The number of para-hydroxylation sites is 1. The first-order valence-corrected chi connectivity index (χ1v) is 10.0. The highest BCUT2D eigenvalue weighted by atomic mass is 32.2. The second-order valence-corrected chi connectivity index (χ2v) is 8.32. The minimum atomic E-state index is 0.738. The average Bonchev–Trinajstić information content (AvgIpc) is 2.70. The molecule has 3 atom stereocenters. The van der Waals surface area contributed by atoms with E-state index in [1.54, 1.807) is 11.3 Å². The van der Waals surface area contributed by atoms with Gasteiger partial charge in [0, 0.05) is 42.5 Å². The van der Waals surface area contributed by atoms with E-state index in [0.717, 1.165) is 18.0 Å². The van der Waals surface area contributed by atoms with Gasteiger partial charge in [-0.25, -0.2) is 0 Å². The molecule has 0 spiro atoms. The van der Waals surface area contributed by atoms with Crippen molar-refractivity contribution in [2.75, 3.05) is 30.3 Å². The molecule has 0 bridgehead atoms. The normalized spacial score (nSPS) is 28.9. The zero-order valence-electron chi connectivity index (χ0n) is 13.9. The van der Waals surface area contributed by atoms with E-state index in [9.17, 15) is 0 Å². The van der Waals surface area contributed by atoms with Crippen LogP contribution in [0.5, 0.6) is 0 Å². The number of nitrogens with zero attached hydrogens (tertiary/aromatic N) is 2. The molecule has 3 aliphatic rings. The van der Waals surface area contributed by atoms with Crippen LogP contribution in [-0.2, 0) is 0 Å². The van der Waals surface area contributed by atoms with E-state index in [0.29, 0.717) is 0 Å². The molecule has 0 saturated carbocycles. The molecule has 120 valence electrons. The smallest absolute Gasteiger partial charge is 0.0543 e. The Morgan fingerprint density at radius 1 is 1.32 bits per heavy atom. The van der Waals surface area contributed by atoms with Gasteiger partial charge < -0.3 is 4.90 Å². The Balaban J connectivity index is 1.65. The summed E-state index contributed by atoms with van der Waals surface area (Å²) in [5, 5.41) is 0. The van der Waals surface area contributed by atoms with Gasteiger partial charge in [-0.3, -0.25) is 4.90 Å². The van der Waals surface area contributed by atoms with Crippen LogP contribution in [0.1, 0.15) is 51.0 Å². The first-order valence-electron chi connectivity index (χ1n) is 9.06. The van der Waals surface area contributed by atoms with E-state index in [2.05, 4.69) is 53.6 Å². The van der Waals surface area contributed by atoms with Crippen molar-refractivity contribution in [2.45, 2.75) is 62.4 Å². The zero-order valence-corrected chi connectivity index (χ0v) is 14.7. The topological polar surface area (TPSA) is 6.48 Å². The Morgan fingerprint density at radius 3 is 3.09 bits per heavy atom. The molecule has 1 aromatic rings. The number of piperidine rings is 1. The van der Waals surface area contributed by atoms with Crippen molar-refractivity contribution < 1.29 is 0 Å². The van der Waals surface area contributed by atoms with Gasteiger partial charge in [0.05, 0.1) is 5.69 Å². The predicted octanol–water partition coefficient (Wildman–Crippen LogP) is 4.35. The van der Waals surface area contributed by atoms with Crippen molar-refractivity contribution in [3.63, 3.8) is 0 Å². The Labute approximate surface area is 139 Å². The number of anilines is 1.